The average Bonchev–Trinajstić information content (AvgIpc) is 3.00. The van der Waals surface area contributed by atoms with Crippen molar-refractivity contribution in [1.29, 1.82) is 0 Å². The third kappa shape index (κ3) is 3.80. The first kappa shape index (κ1) is 19.7. The highest BCUT2D eigenvalue weighted by molar-refractivity contribution is 7.89. The second-order valence-electron chi connectivity index (χ2n) is 7.83. The Morgan fingerprint density at radius 2 is 1.84 bits per heavy atom. The van der Waals surface area contributed by atoms with Gasteiger partial charge in [-0.2, -0.15) is 0 Å². The van der Waals surface area contributed by atoms with E-state index in [9.17, 15) is 13.2 Å². The highest BCUT2D eigenvalue weighted by Gasteiger charge is 2.60. The van der Waals surface area contributed by atoms with Crippen LogP contribution in [0.2, 0.25) is 0 Å². The molecule has 0 radical (unpaired) electrons. The zero-order valence-corrected chi connectivity index (χ0v) is 16.9. The molecule has 25 heavy (non-hydrogen) atoms. The second kappa shape index (κ2) is 6.57. The molecule has 1 saturated carbocycles. The van der Waals surface area contributed by atoms with Crippen molar-refractivity contribution < 1.29 is 13.2 Å². The molecule has 5 nitrogen and oxygen atoms in total. The Morgan fingerprint density at radius 3 is 2.36 bits per heavy atom. The van der Waals surface area contributed by atoms with Crippen LogP contribution in [0.25, 0.3) is 0 Å². The largest absolute Gasteiger partial charge is 0.326 e. The first-order chi connectivity index (χ1) is 11.4. The van der Waals surface area contributed by atoms with Gasteiger partial charge in [0.2, 0.25) is 15.9 Å². The van der Waals surface area contributed by atoms with Crippen molar-refractivity contribution >= 4 is 21.6 Å². The van der Waals surface area contributed by atoms with E-state index in [1.807, 2.05) is 13.8 Å². The van der Waals surface area contributed by atoms with E-state index in [1.165, 1.54) is 30.0 Å². The van der Waals surface area contributed by atoms with Crippen LogP contribution in [0.5, 0.6) is 0 Å². The van der Waals surface area contributed by atoms with Crippen molar-refractivity contribution in [3.8, 4) is 0 Å². The molecule has 0 bridgehead atoms. The fourth-order valence-corrected chi connectivity index (χ4v) is 4.37. The van der Waals surface area contributed by atoms with Crippen LogP contribution in [0.3, 0.4) is 0 Å². The molecular formula is C19H28N2O3S. The summed E-state index contributed by atoms with van der Waals surface area (Å²) in [6.07, 6.45) is 2.14. The average molecular weight is 365 g/mol. The van der Waals surface area contributed by atoms with E-state index >= 15 is 0 Å². The lowest BCUT2D eigenvalue weighted by atomic mass is 10.1. The van der Waals surface area contributed by atoms with E-state index in [-0.39, 0.29) is 28.1 Å². The van der Waals surface area contributed by atoms with Gasteiger partial charge in [0.05, 0.1) is 10.8 Å². The number of aryl methyl sites for hydroxylation is 1. The van der Waals surface area contributed by atoms with Gasteiger partial charge in [-0.05, 0) is 49.8 Å². The van der Waals surface area contributed by atoms with Crippen molar-refractivity contribution in [2.24, 2.45) is 17.3 Å². The van der Waals surface area contributed by atoms with Crippen molar-refractivity contribution in [2.45, 2.75) is 39.5 Å². The maximum absolute atomic E-state index is 12.7. The van der Waals surface area contributed by atoms with Gasteiger partial charge in [0.1, 0.15) is 0 Å². The highest BCUT2D eigenvalue weighted by Crippen LogP contribution is 2.59. The molecule has 2 atom stereocenters. The van der Waals surface area contributed by atoms with E-state index in [4.69, 9.17) is 0 Å². The summed E-state index contributed by atoms with van der Waals surface area (Å²) >= 11 is 0. The number of benzene rings is 1. The van der Waals surface area contributed by atoms with E-state index in [2.05, 4.69) is 25.2 Å². The van der Waals surface area contributed by atoms with E-state index in [0.29, 0.717) is 11.3 Å². The summed E-state index contributed by atoms with van der Waals surface area (Å²) in [6, 6.07) is 5.00. The number of carbonyl (C=O) groups excluding carboxylic acids is 1. The Morgan fingerprint density at radius 1 is 1.24 bits per heavy atom. The smallest absolute Gasteiger partial charge is 0.242 e. The van der Waals surface area contributed by atoms with Crippen molar-refractivity contribution in [3.05, 3.63) is 35.4 Å². The van der Waals surface area contributed by atoms with Crippen LogP contribution >= 0.6 is 0 Å². The highest BCUT2D eigenvalue weighted by atomic mass is 32.2. The standard InChI is InChI=1S/C19H28N2O3S/c1-12(2)10-15-17(19(15,4)5)18(22)20-14-9-8-13(3)16(11-14)25(23,24)21(6)7/h8-11,15,17H,1-7H3,(H,20,22)/t15-,17-/m1/s1. The number of hydrogen-bond donors (Lipinski definition) is 1. The van der Waals surface area contributed by atoms with Gasteiger partial charge in [0.25, 0.3) is 0 Å². The number of amides is 1. The lowest BCUT2D eigenvalue weighted by Gasteiger charge is -2.15. The minimum absolute atomic E-state index is 0.0652. The fraction of sp³-hybridized carbons (Fsp3) is 0.526. The normalized spacial score (nSPS) is 21.8. The number of nitrogens with one attached hydrogen (secondary N) is 1. The molecule has 0 aliphatic heterocycles. The minimum Gasteiger partial charge on any atom is -0.326 e. The summed E-state index contributed by atoms with van der Waals surface area (Å²) in [5.74, 6) is 0.0510. The van der Waals surface area contributed by atoms with Crippen LogP contribution < -0.4 is 5.32 Å². The van der Waals surface area contributed by atoms with Gasteiger partial charge in [-0.15, -0.1) is 0 Å². The van der Waals surface area contributed by atoms with Crippen LogP contribution in [0, 0.1) is 24.2 Å². The SMILES string of the molecule is CC(C)=C[C@@H]1[C@H](C(=O)Nc2ccc(C)c(S(=O)(=O)N(C)C)c2)C1(C)C. The molecule has 0 aromatic heterocycles. The number of sulfonamides is 1. The number of hydrogen-bond acceptors (Lipinski definition) is 3. The van der Waals surface area contributed by atoms with Gasteiger partial charge in [-0.3, -0.25) is 4.79 Å². The molecule has 0 spiro atoms. The first-order valence-corrected chi connectivity index (χ1v) is 9.82. The van der Waals surface area contributed by atoms with E-state index < -0.39 is 10.0 Å². The second-order valence-corrected chi connectivity index (χ2v) is 9.95. The summed E-state index contributed by atoms with van der Waals surface area (Å²) in [7, 11) is -0.554. The summed E-state index contributed by atoms with van der Waals surface area (Å²) < 4.78 is 26.0. The number of carbonyl (C=O) groups is 1. The Kier molecular flexibility index (Phi) is 5.17. The summed E-state index contributed by atoms with van der Waals surface area (Å²) in [6.45, 7) is 9.97. The van der Waals surface area contributed by atoms with Gasteiger partial charge < -0.3 is 5.32 Å². The van der Waals surface area contributed by atoms with Crippen molar-refractivity contribution in [1.82, 2.24) is 4.31 Å². The fourth-order valence-electron chi connectivity index (χ4n) is 3.22. The molecule has 138 valence electrons. The van der Waals surface area contributed by atoms with Crippen LogP contribution in [0.4, 0.5) is 5.69 Å². The molecule has 0 heterocycles. The van der Waals surface area contributed by atoms with Gasteiger partial charge in [0, 0.05) is 19.8 Å². The van der Waals surface area contributed by atoms with E-state index in [1.54, 1.807) is 19.1 Å². The molecule has 0 saturated heterocycles. The zero-order valence-electron chi connectivity index (χ0n) is 16.0. The van der Waals surface area contributed by atoms with Crippen LogP contribution in [-0.4, -0.2) is 32.7 Å². The maximum atomic E-state index is 12.7. The Balaban J connectivity index is 2.25. The lowest BCUT2D eigenvalue weighted by molar-refractivity contribution is -0.118. The molecule has 1 fully saturated rings. The monoisotopic (exact) mass is 364 g/mol. The first-order valence-electron chi connectivity index (χ1n) is 8.38. The quantitative estimate of drug-likeness (QED) is 0.814. The number of allylic oxidation sites excluding steroid dienone is 2. The molecule has 1 aliphatic rings. The Labute approximate surface area is 151 Å². The predicted molar refractivity (Wildman–Crippen MR) is 101 cm³/mol. The van der Waals surface area contributed by atoms with Gasteiger partial charge >= 0.3 is 0 Å². The topological polar surface area (TPSA) is 66.5 Å². The molecule has 1 aromatic carbocycles. The van der Waals surface area contributed by atoms with Crippen molar-refractivity contribution in [3.63, 3.8) is 0 Å². The predicted octanol–water partition coefficient (Wildman–Crippen LogP) is 3.42. The van der Waals surface area contributed by atoms with Crippen LogP contribution in [0.1, 0.15) is 33.3 Å². The van der Waals surface area contributed by atoms with Crippen molar-refractivity contribution in [2.75, 3.05) is 19.4 Å². The van der Waals surface area contributed by atoms with Gasteiger partial charge in [-0.25, -0.2) is 12.7 Å². The number of rotatable bonds is 5. The molecular weight excluding hydrogens is 336 g/mol. The molecule has 2 rings (SSSR count). The van der Waals surface area contributed by atoms with Gasteiger partial charge in [0.15, 0.2) is 0 Å². The zero-order chi connectivity index (χ0) is 19.2. The summed E-state index contributed by atoms with van der Waals surface area (Å²) in [5.41, 5.74) is 2.28. The van der Waals surface area contributed by atoms with Crippen LogP contribution in [-0.2, 0) is 14.8 Å². The molecule has 0 unspecified atom stereocenters. The molecule has 1 amide bonds. The lowest BCUT2D eigenvalue weighted by Crippen LogP contribution is -2.23. The van der Waals surface area contributed by atoms with Gasteiger partial charge in [-0.1, -0.05) is 31.6 Å². The molecule has 6 heteroatoms. The molecule has 1 aliphatic carbocycles. The Bertz CT molecular complexity index is 819. The maximum Gasteiger partial charge on any atom is 0.242 e. The Hall–Kier alpha value is -1.66. The summed E-state index contributed by atoms with van der Waals surface area (Å²) in [4.78, 5) is 12.9. The molecule has 1 aromatic rings. The number of anilines is 1. The third-order valence-corrected chi connectivity index (χ3v) is 6.88. The number of nitrogens with zero attached hydrogens (tertiary/aromatic N) is 1. The van der Waals surface area contributed by atoms with E-state index in [0.717, 1.165) is 0 Å². The summed E-state index contributed by atoms with van der Waals surface area (Å²) in [5, 5.41) is 2.89. The minimum atomic E-state index is -3.55. The molecule has 1 N–H and O–H groups in total. The third-order valence-electron chi connectivity index (χ3n) is 4.92. The van der Waals surface area contributed by atoms with Crippen LogP contribution in [0.15, 0.2) is 34.7 Å².